The molecular weight excluding hydrogens is 1190 g/mol. The van der Waals surface area contributed by atoms with Crippen LogP contribution in [0.4, 0.5) is 28.1 Å². The Hall–Kier alpha value is -7.94. The highest BCUT2D eigenvalue weighted by Crippen LogP contribution is 2.45. The molecule has 3 amide bonds. The third-order valence-corrected chi connectivity index (χ3v) is 21.3. The summed E-state index contributed by atoms with van der Waals surface area (Å²) < 4.78 is 5.53. The molecule has 4 unspecified atom stereocenters. The molecule has 8 aromatic heterocycles. The zero-order valence-electron chi connectivity index (χ0n) is 53.7. The average molecular weight is 1280 g/mol. The van der Waals surface area contributed by atoms with Gasteiger partial charge in [0.1, 0.15) is 90.0 Å². The van der Waals surface area contributed by atoms with Crippen molar-refractivity contribution in [1.29, 1.82) is 0 Å². The van der Waals surface area contributed by atoms with Gasteiger partial charge in [0.2, 0.25) is 11.8 Å². The zero-order chi connectivity index (χ0) is 63.2. The second-order valence-corrected chi connectivity index (χ2v) is 27.7. The fraction of sp³-hybridized carbons (Fsp3) is 0.585. The van der Waals surface area contributed by atoms with Crippen molar-refractivity contribution in [2.75, 3.05) is 113 Å². The number of hydrogen-bond acceptors (Lipinski definition) is 19. The summed E-state index contributed by atoms with van der Waals surface area (Å²) in [5, 5.41) is 25.8. The molecule has 0 spiro atoms. The summed E-state index contributed by atoms with van der Waals surface area (Å²) >= 11 is 0. The highest BCUT2D eigenvalue weighted by Gasteiger charge is 2.47. The molecule has 8 aliphatic rings. The van der Waals surface area contributed by atoms with E-state index in [4.69, 9.17) is 14.9 Å². The van der Waals surface area contributed by atoms with E-state index >= 15 is 0 Å². The van der Waals surface area contributed by atoms with E-state index in [1.165, 1.54) is 25.9 Å². The minimum Gasteiger partial charge on any atom is -0.444 e. The van der Waals surface area contributed by atoms with Gasteiger partial charge in [0.25, 0.3) is 0 Å². The highest BCUT2D eigenvalue weighted by atomic mass is 35.5. The van der Waals surface area contributed by atoms with E-state index in [0.717, 1.165) is 157 Å². The number of hydrogen-bond donors (Lipinski definition) is 7. The third-order valence-electron chi connectivity index (χ3n) is 21.3. The van der Waals surface area contributed by atoms with E-state index < -0.39 is 5.60 Å². The van der Waals surface area contributed by atoms with Gasteiger partial charge in [-0.3, -0.25) is 9.59 Å². The second kappa shape index (κ2) is 27.0. The van der Waals surface area contributed by atoms with Gasteiger partial charge in [-0.2, -0.15) is 0 Å². The van der Waals surface area contributed by atoms with Gasteiger partial charge in [0.05, 0.1) is 21.5 Å². The van der Waals surface area contributed by atoms with Gasteiger partial charge in [-0.25, -0.2) is 44.7 Å². The molecule has 4 aliphatic heterocycles. The van der Waals surface area contributed by atoms with Crippen molar-refractivity contribution in [3.05, 3.63) is 74.4 Å². The number of aromatic nitrogens is 12. The molecule has 92 heavy (non-hydrogen) atoms. The van der Waals surface area contributed by atoms with Crippen LogP contribution in [-0.4, -0.2) is 226 Å². The normalized spacial score (nSPS) is 26.7. The number of carbonyl (C=O) groups excluding carboxylic acids is 3. The highest BCUT2D eigenvalue weighted by molar-refractivity contribution is 5.90. The number of anilines is 4. The second-order valence-electron chi connectivity index (χ2n) is 27.7. The van der Waals surface area contributed by atoms with Crippen molar-refractivity contribution < 1.29 is 29.3 Å². The number of H-pyrrole nitrogens is 4. The Bertz CT molecular complexity index is 3670. The molecular formula is C65H89ClN20O6. The topological polar surface area (TPSA) is 302 Å². The number of aliphatic hydroxyl groups is 2. The number of halogens is 1. The van der Waals surface area contributed by atoms with Crippen LogP contribution in [0, 0.1) is 47.3 Å². The Morgan fingerprint density at radius 2 is 0.707 bits per heavy atom. The van der Waals surface area contributed by atoms with Crippen LogP contribution in [0.3, 0.4) is 0 Å². The lowest BCUT2D eigenvalue weighted by molar-refractivity contribution is -0.134. The number of ether oxygens (including phenoxy) is 1. The SMILES string of the molecule is CN(c1ncnc2[nH]ccc12)C1C[C@@H]2CN(C(=O)CO)C[C@@H]2C1.CN(c1ncnc2[nH]ccc12)C1C[C@@H]2CN(C(=O)CO)C[C@@H]2C1.CN(c1ncnc2[nH]ccc12)C1C[C@@H]2CN(C(=O)OC(C)(C)C)C[C@@H]2C1.CN(c1ncnc2[nH]ccc12)C1C[C@H]2CNC[C@H]2C1.Cl. The van der Waals surface area contributed by atoms with Crippen LogP contribution in [0.25, 0.3) is 44.1 Å². The maximum absolute atomic E-state index is 12.3. The molecule has 4 aliphatic carbocycles. The fourth-order valence-electron chi connectivity index (χ4n) is 16.5. The predicted octanol–water partition coefficient (Wildman–Crippen LogP) is 6.10. The van der Waals surface area contributed by atoms with Crippen LogP contribution in [0.1, 0.15) is 72.1 Å². The molecule has 0 bridgehead atoms. The first-order chi connectivity index (χ1) is 44.0. The minimum absolute atomic E-state index is 0. The van der Waals surface area contributed by atoms with Gasteiger partial charge in [-0.05, 0) is 157 Å². The van der Waals surface area contributed by atoms with Gasteiger partial charge in [-0.1, -0.05) is 0 Å². The quantitative estimate of drug-likeness (QED) is 0.0813. The largest absolute Gasteiger partial charge is 0.444 e. The van der Waals surface area contributed by atoms with Crippen LogP contribution in [-0.2, 0) is 14.3 Å². The maximum atomic E-state index is 12.3. The van der Waals surface area contributed by atoms with Crippen molar-refractivity contribution in [3.63, 3.8) is 0 Å². The van der Waals surface area contributed by atoms with Crippen molar-refractivity contribution in [2.45, 2.75) is 102 Å². The van der Waals surface area contributed by atoms with Crippen LogP contribution >= 0.6 is 12.4 Å². The molecule has 8 fully saturated rings. The minimum atomic E-state index is -0.438. The Labute approximate surface area is 541 Å². The zero-order valence-corrected chi connectivity index (χ0v) is 54.5. The van der Waals surface area contributed by atoms with E-state index in [1.807, 2.05) is 68.7 Å². The summed E-state index contributed by atoms with van der Waals surface area (Å²) in [7, 11) is 8.48. The number of likely N-dealkylation sites (tertiary alicyclic amines) is 3. The predicted molar refractivity (Wildman–Crippen MR) is 354 cm³/mol. The summed E-state index contributed by atoms with van der Waals surface area (Å²) in [6.07, 6.45) is 22.9. The van der Waals surface area contributed by atoms with E-state index in [9.17, 15) is 14.4 Å². The molecule has 0 radical (unpaired) electrons. The number of nitrogens with zero attached hydrogens (tertiary/aromatic N) is 15. The maximum Gasteiger partial charge on any atom is 0.410 e. The Kier molecular flexibility index (Phi) is 18.8. The Morgan fingerprint density at radius 3 is 0.967 bits per heavy atom. The van der Waals surface area contributed by atoms with E-state index in [2.05, 4.69) is 119 Å². The molecule has 8 aromatic rings. The summed E-state index contributed by atoms with van der Waals surface area (Å²) in [5.41, 5.74) is 3.08. The summed E-state index contributed by atoms with van der Waals surface area (Å²) in [4.78, 5) is 97.8. The lowest BCUT2D eigenvalue weighted by Gasteiger charge is -2.28. The first-order valence-electron chi connectivity index (χ1n) is 32.5. The molecule has 16 rings (SSSR count). The van der Waals surface area contributed by atoms with E-state index in [-0.39, 0.29) is 43.5 Å². The smallest absolute Gasteiger partial charge is 0.410 e. The summed E-state index contributed by atoms with van der Waals surface area (Å²) in [6.45, 7) is 12.1. The number of amides is 3. The van der Waals surface area contributed by atoms with Crippen molar-refractivity contribution in [3.8, 4) is 0 Å². The lowest BCUT2D eigenvalue weighted by atomic mass is 10.0. The summed E-state index contributed by atoms with van der Waals surface area (Å²) in [6, 6.07) is 10.1. The first kappa shape index (κ1) is 64.2. The molecule has 4 saturated carbocycles. The molecule has 492 valence electrons. The number of aromatic amines is 4. The van der Waals surface area contributed by atoms with Gasteiger partial charge in [0, 0.05) is 116 Å². The van der Waals surface area contributed by atoms with Gasteiger partial charge < -0.3 is 74.5 Å². The number of rotatable bonds is 10. The Balaban J connectivity index is 0.000000118. The third kappa shape index (κ3) is 13.1. The molecule has 7 N–H and O–H groups in total. The van der Waals surface area contributed by atoms with E-state index in [0.29, 0.717) is 59.7 Å². The van der Waals surface area contributed by atoms with Crippen LogP contribution in [0.5, 0.6) is 0 Å². The number of nitrogens with one attached hydrogen (secondary N) is 5. The average Bonchev–Trinajstić information content (AvgIpc) is 2.59. The number of aliphatic hydroxyl groups excluding tert-OH is 2. The van der Waals surface area contributed by atoms with Crippen LogP contribution in [0.15, 0.2) is 74.4 Å². The van der Waals surface area contributed by atoms with Crippen LogP contribution < -0.4 is 24.9 Å². The van der Waals surface area contributed by atoms with Gasteiger partial charge in [-0.15, -0.1) is 12.4 Å². The van der Waals surface area contributed by atoms with Gasteiger partial charge in [0.15, 0.2) is 0 Å². The molecule has 26 nitrogen and oxygen atoms in total. The van der Waals surface area contributed by atoms with Crippen LogP contribution in [0.2, 0.25) is 0 Å². The van der Waals surface area contributed by atoms with Crippen molar-refractivity contribution in [1.82, 2.24) is 79.8 Å². The van der Waals surface area contributed by atoms with Crippen molar-refractivity contribution >= 4 is 97.7 Å². The standard InChI is InChI=1S/C19H27N5O2.2C16H21N5O2.C14H19N5.ClH/c1-19(2,3)26-18(25)24-9-12-7-14(8-13(12)10-24)23(4)17-15-5-6-20-16(15)21-11-22-17;2*1-20(16-13-2-3-17-15(13)18-9-19-16)12-4-10-6-21(14(23)8-22)7-11(10)5-12;1-19(11-4-9-6-15-7-10(9)5-11)14-12-2-3-16-13(12)17-8-18-14;/h5-6,11-14H,7-10H2,1-4H3,(H,20,21,22);2*2-3,9-12,22H,4-8H2,1H3,(H,17,18,19);2-3,8-11,15H,4-7H2,1H3,(H,16,17,18);1H/t12-,13+,14?;2*10-,11+,12?;9-,10+,11?;. The van der Waals surface area contributed by atoms with Crippen molar-refractivity contribution in [2.24, 2.45) is 47.3 Å². The lowest BCUT2D eigenvalue weighted by Crippen LogP contribution is -2.37. The molecule has 12 heterocycles. The molecule has 0 aromatic carbocycles. The summed E-state index contributed by atoms with van der Waals surface area (Å²) in [5.74, 6) is 8.58. The molecule has 4 saturated heterocycles. The Morgan fingerprint density at radius 1 is 0.446 bits per heavy atom. The first-order valence-corrected chi connectivity index (χ1v) is 32.5. The molecule has 12 atom stereocenters. The number of fused-ring (bicyclic) bond motifs is 8. The number of carbonyl (C=O) groups is 3. The monoisotopic (exact) mass is 1280 g/mol. The van der Waals surface area contributed by atoms with Gasteiger partial charge >= 0.3 is 6.09 Å². The van der Waals surface area contributed by atoms with E-state index in [1.54, 1.807) is 35.1 Å². The fourth-order valence-corrected chi connectivity index (χ4v) is 16.5. The molecule has 27 heteroatoms.